The molecule has 0 saturated heterocycles. The molecule has 0 aliphatic heterocycles. The highest BCUT2D eigenvalue weighted by molar-refractivity contribution is 5.50. The first-order valence-corrected chi connectivity index (χ1v) is 5.70. The average molecular weight is 222 g/mol. The smallest absolute Gasteiger partial charge is 0.0679 e. The molecule has 3 N–H and O–H groups in total. The molecule has 1 aromatic carbocycles. The third-order valence-corrected chi connectivity index (χ3v) is 2.72. The van der Waals surface area contributed by atoms with Gasteiger partial charge in [-0.1, -0.05) is 6.07 Å². The standard InChI is InChI=1S/C13H22N2O/c1-10-6-11(2)8-12(7-10)15(3)5-4-13(16)9-14/h6-8,13,16H,4-5,9,14H2,1-3H3. The molecule has 1 rings (SSSR count). The monoisotopic (exact) mass is 222 g/mol. The van der Waals surface area contributed by atoms with Crippen LogP contribution in [-0.2, 0) is 0 Å². The highest BCUT2D eigenvalue weighted by Crippen LogP contribution is 2.17. The van der Waals surface area contributed by atoms with Crippen molar-refractivity contribution in [2.45, 2.75) is 26.4 Å². The van der Waals surface area contributed by atoms with E-state index in [0.29, 0.717) is 13.0 Å². The fourth-order valence-corrected chi connectivity index (χ4v) is 1.76. The Bertz CT molecular complexity index is 318. The number of anilines is 1. The maximum atomic E-state index is 9.41. The van der Waals surface area contributed by atoms with Crippen LogP contribution in [0.25, 0.3) is 0 Å². The van der Waals surface area contributed by atoms with Crippen LogP contribution in [0.4, 0.5) is 5.69 Å². The summed E-state index contributed by atoms with van der Waals surface area (Å²) in [6, 6.07) is 6.47. The van der Waals surface area contributed by atoms with Gasteiger partial charge in [0.15, 0.2) is 0 Å². The highest BCUT2D eigenvalue weighted by Gasteiger charge is 2.05. The minimum absolute atomic E-state index is 0.334. The molecule has 0 spiro atoms. The molecule has 0 amide bonds. The molecule has 0 bridgehead atoms. The molecule has 0 radical (unpaired) electrons. The number of aliphatic hydroxyl groups excluding tert-OH is 1. The lowest BCUT2D eigenvalue weighted by Gasteiger charge is -2.21. The molecule has 0 heterocycles. The molecule has 0 aliphatic rings. The molecule has 1 atom stereocenters. The Morgan fingerprint density at radius 3 is 2.31 bits per heavy atom. The maximum Gasteiger partial charge on any atom is 0.0679 e. The number of hydrogen-bond donors (Lipinski definition) is 2. The van der Waals surface area contributed by atoms with Gasteiger partial charge in [0.2, 0.25) is 0 Å². The quantitative estimate of drug-likeness (QED) is 0.793. The zero-order valence-electron chi connectivity index (χ0n) is 10.4. The van der Waals surface area contributed by atoms with Gasteiger partial charge in [-0.15, -0.1) is 0 Å². The topological polar surface area (TPSA) is 49.5 Å². The van der Waals surface area contributed by atoms with Gasteiger partial charge >= 0.3 is 0 Å². The van der Waals surface area contributed by atoms with Gasteiger partial charge in [0.25, 0.3) is 0 Å². The summed E-state index contributed by atoms with van der Waals surface area (Å²) in [5, 5.41) is 9.41. The fourth-order valence-electron chi connectivity index (χ4n) is 1.76. The van der Waals surface area contributed by atoms with Gasteiger partial charge in [0.05, 0.1) is 6.10 Å². The van der Waals surface area contributed by atoms with Crippen LogP contribution in [0.2, 0.25) is 0 Å². The van der Waals surface area contributed by atoms with Crippen molar-refractivity contribution >= 4 is 5.69 Å². The lowest BCUT2D eigenvalue weighted by molar-refractivity contribution is 0.175. The number of aryl methyl sites for hydroxylation is 2. The summed E-state index contributed by atoms with van der Waals surface area (Å²) in [6.45, 7) is 5.35. The molecule has 0 saturated carbocycles. The Morgan fingerprint density at radius 1 is 1.25 bits per heavy atom. The number of hydrogen-bond acceptors (Lipinski definition) is 3. The highest BCUT2D eigenvalue weighted by atomic mass is 16.3. The predicted molar refractivity (Wildman–Crippen MR) is 68.9 cm³/mol. The zero-order chi connectivity index (χ0) is 12.1. The van der Waals surface area contributed by atoms with Crippen LogP contribution in [0.5, 0.6) is 0 Å². The van der Waals surface area contributed by atoms with Crippen LogP contribution in [0.1, 0.15) is 17.5 Å². The second kappa shape index (κ2) is 5.87. The third kappa shape index (κ3) is 3.83. The number of nitrogens with two attached hydrogens (primary N) is 1. The second-order valence-electron chi connectivity index (χ2n) is 4.45. The van der Waals surface area contributed by atoms with Crippen molar-refractivity contribution in [1.82, 2.24) is 0 Å². The van der Waals surface area contributed by atoms with Crippen molar-refractivity contribution in [3.8, 4) is 0 Å². The predicted octanol–water partition coefficient (Wildman–Crippen LogP) is 1.45. The van der Waals surface area contributed by atoms with E-state index < -0.39 is 6.10 Å². The van der Waals surface area contributed by atoms with Gasteiger partial charge in [-0.25, -0.2) is 0 Å². The Kier molecular flexibility index (Phi) is 4.77. The van der Waals surface area contributed by atoms with E-state index in [1.54, 1.807) is 0 Å². The third-order valence-electron chi connectivity index (χ3n) is 2.72. The van der Waals surface area contributed by atoms with Crippen LogP contribution in [0, 0.1) is 13.8 Å². The second-order valence-corrected chi connectivity index (χ2v) is 4.45. The average Bonchev–Trinajstić information content (AvgIpc) is 2.23. The number of nitrogens with zero attached hydrogens (tertiary/aromatic N) is 1. The van der Waals surface area contributed by atoms with Gasteiger partial charge in [-0.2, -0.15) is 0 Å². The lowest BCUT2D eigenvalue weighted by Crippen LogP contribution is -2.27. The van der Waals surface area contributed by atoms with E-state index in [1.807, 2.05) is 7.05 Å². The van der Waals surface area contributed by atoms with Crippen LogP contribution in [0.15, 0.2) is 18.2 Å². The van der Waals surface area contributed by atoms with Crippen molar-refractivity contribution in [2.75, 3.05) is 25.0 Å². The maximum absolute atomic E-state index is 9.41. The van der Waals surface area contributed by atoms with Gasteiger partial charge in [-0.3, -0.25) is 0 Å². The molecule has 0 aliphatic carbocycles. The molecule has 16 heavy (non-hydrogen) atoms. The van der Waals surface area contributed by atoms with E-state index in [2.05, 4.69) is 36.9 Å². The van der Waals surface area contributed by atoms with E-state index in [4.69, 9.17) is 5.73 Å². The largest absolute Gasteiger partial charge is 0.392 e. The van der Waals surface area contributed by atoms with Crippen molar-refractivity contribution in [3.63, 3.8) is 0 Å². The minimum atomic E-state index is -0.395. The zero-order valence-corrected chi connectivity index (χ0v) is 10.4. The Balaban J connectivity index is 2.62. The Labute approximate surface area is 97.9 Å². The van der Waals surface area contributed by atoms with Gasteiger partial charge in [0, 0.05) is 25.8 Å². The van der Waals surface area contributed by atoms with Gasteiger partial charge in [0.1, 0.15) is 0 Å². The van der Waals surface area contributed by atoms with E-state index in [-0.39, 0.29) is 0 Å². The summed E-state index contributed by atoms with van der Waals surface area (Å²) in [5.41, 5.74) is 9.10. The first-order valence-electron chi connectivity index (χ1n) is 5.70. The summed E-state index contributed by atoms with van der Waals surface area (Å²) < 4.78 is 0. The molecule has 3 nitrogen and oxygen atoms in total. The normalized spacial score (nSPS) is 12.6. The summed E-state index contributed by atoms with van der Waals surface area (Å²) in [4.78, 5) is 2.15. The lowest BCUT2D eigenvalue weighted by atomic mass is 10.1. The first kappa shape index (κ1) is 13.0. The van der Waals surface area contributed by atoms with Gasteiger partial charge in [-0.05, 0) is 43.5 Å². The van der Waals surface area contributed by atoms with Crippen molar-refractivity contribution in [3.05, 3.63) is 29.3 Å². The molecule has 0 fully saturated rings. The van der Waals surface area contributed by atoms with Crippen molar-refractivity contribution in [2.24, 2.45) is 5.73 Å². The molecule has 0 aromatic heterocycles. The number of benzene rings is 1. The minimum Gasteiger partial charge on any atom is -0.392 e. The summed E-state index contributed by atoms with van der Waals surface area (Å²) >= 11 is 0. The SMILES string of the molecule is Cc1cc(C)cc(N(C)CCC(O)CN)c1. The molecular weight excluding hydrogens is 200 g/mol. The molecule has 1 aromatic rings. The summed E-state index contributed by atoms with van der Waals surface area (Å²) in [7, 11) is 2.04. The number of aliphatic hydroxyl groups is 1. The molecule has 3 heteroatoms. The van der Waals surface area contributed by atoms with E-state index >= 15 is 0 Å². The summed E-state index contributed by atoms with van der Waals surface area (Å²) in [5.74, 6) is 0. The fraction of sp³-hybridized carbons (Fsp3) is 0.538. The Hall–Kier alpha value is -1.06. The Morgan fingerprint density at radius 2 is 1.81 bits per heavy atom. The number of rotatable bonds is 5. The van der Waals surface area contributed by atoms with E-state index in [0.717, 1.165) is 6.54 Å². The van der Waals surface area contributed by atoms with Crippen molar-refractivity contribution in [1.29, 1.82) is 0 Å². The van der Waals surface area contributed by atoms with Crippen LogP contribution in [0.3, 0.4) is 0 Å². The molecular formula is C13H22N2O. The van der Waals surface area contributed by atoms with Crippen LogP contribution >= 0.6 is 0 Å². The van der Waals surface area contributed by atoms with Crippen molar-refractivity contribution < 1.29 is 5.11 Å². The molecule has 1 unspecified atom stereocenters. The van der Waals surface area contributed by atoms with Crippen LogP contribution in [-0.4, -0.2) is 31.3 Å². The van der Waals surface area contributed by atoms with E-state index in [9.17, 15) is 5.11 Å². The molecule has 90 valence electrons. The van der Waals surface area contributed by atoms with E-state index in [1.165, 1.54) is 16.8 Å². The van der Waals surface area contributed by atoms with Gasteiger partial charge < -0.3 is 15.7 Å². The first-order chi connectivity index (χ1) is 7.52. The van der Waals surface area contributed by atoms with Crippen LogP contribution < -0.4 is 10.6 Å². The summed E-state index contributed by atoms with van der Waals surface area (Å²) in [6.07, 6.45) is 0.313.